The predicted molar refractivity (Wildman–Crippen MR) is 121 cm³/mol. The van der Waals surface area contributed by atoms with Gasteiger partial charge >= 0.3 is 0 Å². The largest absolute Gasteiger partial charge is 0.326 e. The summed E-state index contributed by atoms with van der Waals surface area (Å²) in [7, 11) is 0. The first-order valence-corrected chi connectivity index (χ1v) is 10.7. The number of nitrogens with one attached hydrogen (secondary N) is 1. The van der Waals surface area contributed by atoms with Gasteiger partial charge in [0.05, 0.1) is 0 Å². The first kappa shape index (κ1) is 19.4. The summed E-state index contributed by atoms with van der Waals surface area (Å²) in [6.07, 6.45) is 5.28. The molecule has 29 heavy (non-hydrogen) atoms. The van der Waals surface area contributed by atoms with E-state index in [-0.39, 0.29) is 5.91 Å². The van der Waals surface area contributed by atoms with Crippen molar-refractivity contribution in [1.82, 2.24) is 0 Å². The van der Waals surface area contributed by atoms with Crippen molar-refractivity contribution in [2.24, 2.45) is 5.92 Å². The molecule has 0 spiro atoms. The van der Waals surface area contributed by atoms with Crippen LogP contribution in [0.1, 0.15) is 49.1 Å². The lowest BCUT2D eigenvalue weighted by molar-refractivity contribution is -0.117. The fraction of sp³-hybridized carbons (Fsp3) is 0.296. The molecule has 0 unspecified atom stereocenters. The highest BCUT2D eigenvalue weighted by Gasteiger charge is 2.24. The van der Waals surface area contributed by atoms with E-state index in [0.717, 1.165) is 24.1 Å². The molecule has 0 aliphatic heterocycles. The number of amides is 1. The maximum absolute atomic E-state index is 12.5. The lowest BCUT2D eigenvalue weighted by atomic mass is 9.77. The molecule has 1 N–H and O–H groups in total. The van der Waals surface area contributed by atoms with E-state index < -0.39 is 0 Å². The molecular formula is C27H29NO. The number of rotatable bonds is 5. The van der Waals surface area contributed by atoms with E-state index in [0.29, 0.717) is 18.3 Å². The first-order valence-electron chi connectivity index (χ1n) is 10.7. The van der Waals surface area contributed by atoms with Crippen LogP contribution in [0.3, 0.4) is 0 Å². The lowest BCUT2D eigenvalue weighted by Gasteiger charge is -2.28. The molecule has 0 radical (unpaired) electrons. The minimum absolute atomic E-state index is 0.135. The van der Waals surface area contributed by atoms with Crippen molar-refractivity contribution in [3.8, 4) is 11.1 Å². The minimum Gasteiger partial charge on any atom is -0.326 e. The van der Waals surface area contributed by atoms with Gasteiger partial charge in [0.1, 0.15) is 0 Å². The second kappa shape index (κ2) is 9.09. The van der Waals surface area contributed by atoms with Crippen LogP contribution in [0.25, 0.3) is 11.1 Å². The van der Waals surface area contributed by atoms with Crippen LogP contribution >= 0.6 is 0 Å². The van der Waals surface area contributed by atoms with Gasteiger partial charge in [-0.1, -0.05) is 72.3 Å². The fourth-order valence-electron chi connectivity index (χ4n) is 4.39. The van der Waals surface area contributed by atoms with Crippen LogP contribution in [-0.2, 0) is 4.79 Å². The minimum atomic E-state index is 0.135. The Morgan fingerprint density at radius 2 is 1.41 bits per heavy atom. The summed E-state index contributed by atoms with van der Waals surface area (Å²) in [4.78, 5) is 12.5. The van der Waals surface area contributed by atoms with Crippen LogP contribution < -0.4 is 5.32 Å². The van der Waals surface area contributed by atoms with Crippen LogP contribution in [0.5, 0.6) is 0 Å². The molecule has 0 heterocycles. The molecule has 1 amide bonds. The van der Waals surface area contributed by atoms with Crippen LogP contribution in [-0.4, -0.2) is 5.91 Å². The number of hydrogen-bond acceptors (Lipinski definition) is 1. The summed E-state index contributed by atoms with van der Waals surface area (Å²) in [6, 6.07) is 27.4. The van der Waals surface area contributed by atoms with Gasteiger partial charge in [0.25, 0.3) is 0 Å². The normalized spacial score (nSPS) is 18.9. The van der Waals surface area contributed by atoms with Gasteiger partial charge in [0.2, 0.25) is 5.91 Å². The number of carbonyl (C=O) groups excluding carboxylic acids is 1. The molecule has 1 saturated carbocycles. The zero-order valence-electron chi connectivity index (χ0n) is 17.1. The maximum Gasteiger partial charge on any atom is 0.224 e. The summed E-state index contributed by atoms with van der Waals surface area (Å²) < 4.78 is 0. The van der Waals surface area contributed by atoms with Crippen LogP contribution in [0, 0.1) is 12.8 Å². The Balaban J connectivity index is 1.26. The number of benzene rings is 3. The quantitative estimate of drug-likeness (QED) is 0.507. The average molecular weight is 384 g/mol. The molecule has 2 nitrogen and oxygen atoms in total. The van der Waals surface area contributed by atoms with Gasteiger partial charge in [-0.05, 0) is 73.3 Å². The summed E-state index contributed by atoms with van der Waals surface area (Å²) >= 11 is 0. The molecule has 1 fully saturated rings. The zero-order valence-corrected chi connectivity index (χ0v) is 17.1. The molecule has 1 aliphatic rings. The van der Waals surface area contributed by atoms with E-state index in [1.807, 2.05) is 30.3 Å². The van der Waals surface area contributed by atoms with Crippen molar-refractivity contribution < 1.29 is 4.79 Å². The third-order valence-corrected chi connectivity index (χ3v) is 6.15. The van der Waals surface area contributed by atoms with Crippen LogP contribution in [0.2, 0.25) is 0 Å². The molecule has 0 atom stereocenters. The summed E-state index contributed by atoms with van der Waals surface area (Å²) in [5.41, 5.74) is 6.00. The Labute approximate surface area is 174 Å². The zero-order chi connectivity index (χ0) is 20.1. The maximum atomic E-state index is 12.5. The van der Waals surface area contributed by atoms with Gasteiger partial charge in [0, 0.05) is 12.1 Å². The Morgan fingerprint density at radius 1 is 0.793 bits per heavy atom. The van der Waals surface area contributed by atoms with Gasteiger partial charge in [-0.15, -0.1) is 0 Å². The van der Waals surface area contributed by atoms with Crippen molar-refractivity contribution in [3.63, 3.8) is 0 Å². The highest BCUT2D eigenvalue weighted by atomic mass is 16.1. The van der Waals surface area contributed by atoms with Gasteiger partial charge in [-0.3, -0.25) is 4.79 Å². The highest BCUT2D eigenvalue weighted by molar-refractivity contribution is 5.91. The molecule has 2 heteroatoms. The molecule has 3 aromatic carbocycles. The van der Waals surface area contributed by atoms with Gasteiger partial charge in [-0.2, -0.15) is 0 Å². The molecule has 4 rings (SSSR count). The molecular weight excluding hydrogens is 354 g/mol. The number of carbonyl (C=O) groups is 1. The van der Waals surface area contributed by atoms with E-state index in [9.17, 15) is 4.79 Å². The Kier molecular flexibility index (Phi) is 6.09. The molecule has 0 bridgehead atoms. The number of anilines is 1. The van der Waals surface area contributed by atoms with Gasteiger partial charge in [0.15, 0.2) is 0 Å². The molecule has 0 saturated heterocycles. The van der Waals surface area contributed by atoms with E-state index in [1.165, 1.54) is 29.5 Å². The fourth-order valence-corrected chi connectivity index (χ4v) is 4.39. The molecule has 148 valence electrons. The topological polar surface area (TPSA) is 29.1 Å². The Bertz CT molecular complexity index is 921. The Morgan fingerprint density at radius 3 is 2.07 bits per heavy atom. The van der Waals surface area contributed by atoms with Crippen molar-refractivity contribution >= 4 is 11.6 Å². The first-order chi connectivity index (χ1) is 14.2. The summed E-state index contributed by atoms with van der Waals surface area (Å²) in [6.45, 7) is 2.13. The average Bonchev–Trinajstić information content (AvgIpc) is 2.76. The van der Waals surface area contributed by atoms with Crippen molar-refractivity contribution in [1.29, 1.82) is 0 Å². The van der Waals surface area contributed by atoms with Crippen LogP contribution in [0.4, 0.5) is 5.69 Å². The predicted octanol–water partition coefficient (Wildman–Crippen LogP) is 6.96. The van der Waals surface area contributed by atoms with Crippen molar-refractivity contribution in [2.75, 3.05) is 5.32 Å². The smallest absolute Gasteiger partial charge is 0.224 e. The molecule has 1 aliphatic carbocycles. The van der Waals surface area contributed by atoms with Crippen molar-refractivity contribution in [2.45, 2.75) is 44.9 Å². The van der Waals surface area contributed by atoms with Gasteiger partial charge < -0.3 is 5.32 Å². The van der Waals surface area contributed by atoms with Gasteiger partial charge in [-0.25, -0.2) is 0 Å². The van der Waals surface area contributed by atoms with Crippen molar-refractivity contribution in [3.05, 3.63) is 90.0 Å². The van der Waals surface area contributed by atoms with E-state index in [1.54, 1.807) is 0 Å². The third-order valence-electron chi connectivity index (χ3n) is 6.15. The van der Waals surface area contributed by atoms with E-state index >= 15 is 0 Å². The van der Waals surface area contributed by atoms with E-state index in [4.69, 9.17) is 0 Å². The number of aryl methyl sites for hydroxylation is 1. The molecule has 3 aromatic rings. The van der Waals surface area contributed by atoms with E-state index in [2.05, 4.69) is 60.8 Å². The number of hydrogen-bond donors (Lipinski definition) is 1. The monoisotopic (exact) mass is 383 g/mol. The van der Waals surface area contributed by atoms with Crippen LogP contribution in [0.15, 0.2) is 78.9 Å². The summed E-state index contributed by atoms with van der Waals surface area (Å²) in [5, 5.41) is 3.08. The lowest BCUT2D eigenvalue weighted by Crippen LogP contribution is -2.20. The second-order valence-electron chi connectivity index (χ2n) is 8.32. The third kappa shape index (κ3) is 5.14. The molecule has 0 aromatic heterocycles. The SMILES string of the molecule is Cc1ccc(C2CCC(CC(=O)Nc3ccc(-c4ccccc4)cc3)CC2)cc1. The standard InChI is InChI=1S/C27H29NO/c1-20-7-11-23(12-8-20)24-13-9-21(10-14-24)19-27(29)28-26-17-15-25(16-18-26)22-5-3-2-4-6-22/h2-8,11-12,15-18,21,24H,9-10,13-14,19H2,1H3,(H,28,29). The Hall–Kier alpha value is -2.87. The summed E-state index contributed by atoms with van der Waals surface area (Å²) in [5.74, 6) is 1.29. The highest BCUT2D eigenvalue weighted by Crippen LogP contribution is 2.37. The second-order valence-corrected chi connectivity index (χ2v) is 8.32.